The van der Waals surface area contributed by atoms with Gasteiger partial charge in [-0.1, -0.05) is 0 Å². The van der Waals surface area contributed by atoms with Crippen molar-refractivity contribution >= 4 is 34.1 Å². The van der Waals surface area contributed by atoms with Gasteiger partial charge in [-0.2, -0.15) is 0 Å². The van der Waals surface area contributed by atoms with Crippen LogP contribution >= 0.6 is 11.3 Å². The summed E-state index contributed by atoms with van der Waals surface area (Å²) in [4.78, 5) is 24.2. The Morgan fingerprint density at radius 1 is 1.24 bits per heavy atom. The van der Waals surface area contributed by atoms with E-state index in [0.29, 0.717) is 16.7 Å². The van der Waals surface area contributed by atoms with Crippen LogP contribution in [0.5, 0.6) is 10.8 Å². The molecule has 3 aromatic rings. The molecular formula is C18H13F4NO5S. The second-order valence-corrected chi connectivity index (χ2v) is 6.85. The van der Waals surface area contributed by atoms with Crippen LogP contribution in [-0.2, 0) is 11.2 Å². The Labute approximate surface area is 164 Å². The molecule has 2 aromatic heterocycles. The number of ether oxygens (including phenoxy) is 2. The van der Waals surface area contributed by atoms with Crippen molar-refractivity contribution in [2.45, 2.75) is 19.7 Å². The van der Waals surface area contributed by atoms with Crippen LogP contribution in [0, 0.1) is 12.7 Å². The SMILES string of the molecule is COc1cc2c(CC(=O)O)c(C)n(C(=O)c3csc(OC(F)(F)F)c3)c2cc1F. The molecule has 154 valence electrons. The number of carboxylic acid groups (broad SMARTS) is 1. The van der Waals surface area contributed by atoms with Gasteiger partial charge in [-0.3, -0.25) is 14.2 Å². The minimum absolute atomic E-state index is 0.0755. The molecule has 1 N–H and O–H groups in total. The van der Waals surface area contributed by atoms with Crippen molar-refractivity contribution in [1.82, 2.24) is 4.57 Å². The summed E-state index contributed by atoms with van der Waals surface area (Å²) in [7, 11) is 1.24. The molecule has 11 heteroatoms. The number of alkyl halides is 3. The van der Waals surface area contributed by atoms with Gasteiger partial charge < -0.3 is 14.6 Å². The molecule has 0 bridgehead atoms. The molecule has 0 fully saturated rings. The summed E-state index contributed by atoms with van der Waals surface area (Å²) < 4.78 is 61.1. The monoisotopic (exact) mass is 431 g/mol. The molecule has 0 unspecified atom stereocenters. The third-order valence-corrected chi connectivity index (χ3v) is 4.98. The fourth-order valence-electron chi connectivity index (χ4n) is 3.00. The maximum absolute atomic E-state index is 14.3. The van der Waals surface area contributed by atoms with Gasteiger partial charge >= 0.3 is 12.3 Å². The quantitative estimate of drug-likeness (QED) is 0.607. The van der Waals surface area contributed by atoms with Crippen LogP contribution in [0.1, 0.15) is 21.6 Å². The van der Waals surface area contributed by atoms with Gasteiger partial charge in [0.1, 0.15) is 0 Å². The summed E-state index contributed by atoms with van der Waals surface area (Å²) in [6.45, 7) is 1.47. The lowest BCUT2D eigenvalue weighted by Gasteiger charge is -2.07. The molecule has 2 heterocycles. The zero-order valence-corrected chi connectivity index (χ0v) is 15.8. The van der Waals surface area contributed by atoms with Crippen molar-refractivity contribution in [3.05, 3.63) is 46.2 Å². The smallest absolute Gasteiger partial charge is 0.494 e. The molecule has 29 heavy (non-hydrogen) atoms. The number of aromatic nitrogens is 1. The second-order valence-electron chi connectivity index (χ2n) is 5.98. The normalized spacial score (nSPS) is 11.7. The molecule has 0 saturated carbocycles. The number of hydrogen-bond acceptors (Lipinski definition) is 5. The third-order valence-electron chi connectivity index (χ3n) is 4.18. The Kier molecular flexibility index (Phi) is 5.26. The number of carboxylic acids is 1. The van der Waals surface area contributed by atoms with Crippen molar-refractivity contribution in [2.24, 2.45) is 0 Å². The molecule has 0 saturated heterocycles. The fourth-order valence-corrected chi connectivity index (χ4v) is 3.75. The summed E-state index contributed by atoms with van der Waals surface area (Å²) in [5.74, 6) is -2.83. The molecule has 0 aliphatic heterocycles. The van der Waals surface area contributed by atoms with Gasteiger partial charge in [0.2, 0.25) is 0 Å². The highest BCUT2D eigenvalue weighted by atomic mass is 32.1. The van der Waals surface area contributed by atoms with E-state index < -0.39 is 35.5 Å². The van der Waals surface area contributed by atoms with Gasteiger partial charge in [0, 0.05) is 28.6 Å². The first-order valence-corrected chi connectivity index (χ1v) is 8.88. The minimum Gasteiger partial charge on any atom is -0.494 e. The molecular weight excluding hydrogens is 418 g/mol. The third kappa shape index (κ3) is 4.04. The number of carbonyl (C=O) groups is 2. The van der Waals surface area contributed by atoms with Crippen molar-refractivity contribution < 1.29 is 41.7 Å². The number of nitrogens with zero attached hydrogens (tertiary/aromatic N) is 1. The van der Waals surface area contributed by atoms with Crippen LogP contribution < -0.4 is 9.47 Å². The number of thiophene rings is 1. The minimum atomic E-state index is -4.91. The second kappa shape index (κ2) is 7.39. The summed E-state index contributed by atoms with van der Waals surface area (Å²) in [6, 6.07) is 3.22. The van der Waals surface area contributed by atoms with E-state index in [1.54, 1.807) is 0 Å². The van der Waals surface area contributed by atoms with E-state index in [4.69, 9.17) is 4.74 Å². The molecule has 1 aromatic carbocycles. The maximum atomic E-state index is 14.3. The molecule has 6 nitrogen and oxygen atoms in total. The molecule has 3 rings (SSSR count). The Bertz CT molecular complexity index is 1120. The van der Waals surface area contributed by atoms with Gasteiger partial charge in [0.25, 0.3) is 5.91 Å². The van der Waals surface area contributed by atoms with Crippen LogP contribution in [-0.4, -0.2) is 35.0 Å². The molecule has 0 spiro atoms. The number of halogens is 4. The Morgan fingerprint density at radius 2 is 1.93 bits per heavy atom. The van der Waals surface area contributed by atoms with Crippen molar-refractivity contribution in [3.63, 3.8) is 0 Å². The Hall–Kier alpha value is -3.08. The molecule has 0 amide bonds. The number of carbonyl (C=O) groups excluding carboxylic acids is 1. The summed E-state index contributed by atoms with van der Waals surface area (Å²) >= 11 is 0.573. The Morgan fingerprint density at radius 3 is 2.52 bits per heavy atom. The predicted octanol–water partition coefficient (Wildman–Crippen LogP) is 4.37. The average molecular weight is 431 g/mol. The van der Waals surface area contributed by atoms with E-state index >= 15 is 0 Å². The van der Waals surface area contributed by atoms with Crippen molar-refractivity contribution in [2.75, 3.05) is 7.11 Å². The van der Waals surface area contributed by atoms with Crippen LogP contribution in [0.4, 0.5) is 17.6 Å². The van der Waals surface area contributed by atoms with Crippen molar-refractivity contribution in [1.29, 1.82) is 0 Å². The summed E-state index contributed by atoms with van der Waals surface area (Å²) in [6.07, 6.45) is -5.35. The standard InChI is InChI=1S/C18H13F4NO5S/c1-8-10(5-15(24)25)11-4-14(27-2)12(19)6-13(11)23(8)17(26)9-3-16(29-7-9)28-18(20,21)22/h3-4,6-7H,5H2,1-2H3,(H,24,25). The van der Waals surface area contributed by atoms with Crippen LogP contribution in [0.25, 0.3) is 10.9 Å². The van der Waals surface area contributed by atoms with Gasteiger partial charge in [0.15, 0.2) is 16.6 Å². The zero-order valence-electron chi connectivity index (χ0n) is 15.0. The molecule has 0 aliphatic rings. The number of rotatable bonds is 5. The van der Waals surface area contributed by atoms with Crippen LogP contribution in [0.2, 0.25) is 0 Å². The zero-order chi connectivity index (χ0) is 21.5. The van der Waals surface area contributed by atoms with E-state index in [0.717, 1.165) is 16.7 Å². The number of methoxy groups -OCH3 is 1. The maximum Gasteiger partial charge on any atom is 0.573 e. The average Bonchev–Trinajstić information content (AvgIpc) is 3.15. The van der Waals surface area contributed by atoms with Gasteiger partial charge in [-0.15, -0.1) is 24.5 Å². The Balaban J connectivity index is 2.15. The number of hydrogen-bond donors (Lipinski definition) is 1. The van der Waals surface area contributed by atoms with Crippen molar-refractivity contribution in [3.8, 4) is 10.8 Å². The van der Waals surface area contributed by atoms with E-state index in [1.165, 1.54) is 25.5 Å². The van der Waals surface area contributed by atoms with Gasteiger partial charge in [0.05, 0.1) is 24.6 Å². The first-order chi connectivity index (χ1) is 13.5. The first-order valence-electron chi connectivity index (χ1n) is 8.00. The van der Waals surface area contributed by atoms with Gasteiger partial charge in [-0.05, 0) is 18.6 Å². The predicted molar refractivity (Wildman–Crippen MR) is 95.3 cm³/mol. The van der Waals surface area contributed by atoms with Gasteiger partial charge in [-0.25, -0.2) is 4.39 Å². The molecule has 0 atom stereocenters. The van der Waals surface area contributed by atoms with E-state index in [1.807, 2.05) is 0 Å². The van der Waals surface area contributed by atoms with Crippen LogP contribution in [0.3, 0.4) is 0 Å². The highest BCUT2D eigenvalue weighted by Crippen LogP contribution is 2.34. The number of benzene rings is 1. The van der Waals surface area contributed by atoms with E-state index in [-0.39, 0.29) is 28.1 Å². The lowest BCUT2D eigenvalue weighted by Crippen LogP contribution is -2.16. The number of aliphatic carboxylic acids is 1. The van der Waals surface area contributed by atoms with E-state index in [9.17, 15) is 32.3 Å². The topological polar surface area (TPSA) is 77.8 Å². The van der Waals surface area contributed by atoms with E-state index in [2.05, 4.69) is 4.74 Å². The molecule has 0 aliphatic carbocycles. The largest absolute Gasteiger partial charge is 0.573 e. The summed E-state index contributed by atoms with van der Waals surface area (Å²) in [5.41, 5.74) is 0.449. The first kappa shape index (κ1) is 20.6. The fraction of sp³-hybridized carbons (Fsp3) is 0.222. The highest BCUT2D eigenvalue weighted by Gasteiger charge is 2.32. The lowest BCUT2D eigenvalue weighted by molar-refractivity contribution is -0.273. The summed E-state index contributed by atoms with van der Waals surface area (Å²) in [5, 5.41) is 10.1. The highest BCUT2D eigenvalue weighted by molar-refractivity contribution is 7.12. The number of fused-ring (bicyclic) bond motifs is 1. The van der Waals surface area contributed by atoms with Crippen LogP contribution in [0.15, 0.2) is 23.6 Å². The molecule has 0 radical (unpaired) electrons. The lowest BCUT2D eigenvalue weighted by atomic mass is 10.1.